The first-order chi connectivity index (χ1) is 12.4. The van der Waals surface area contributed by atoms with Gasteiger partial charge in [-0.2, -0.15) is 0 Å². The summed E-state index contributed by atoms with van der Waals surface area (Å²) in [5, 5.41) is 12.0. The second-order valence-corrected chi connectivity index (χ2v) is 6.09. The normalized spacial score (nSPS) is 11.7. The molecule has 2 aromatic rings. The van der Waals surface area contributed by atoms with Crippen LogP contribution in [0.2, 0.25) is 0 Å². The summed E-state index contributed by atoms with van der Waals surface area (Å²) in [4.78, 5) is 24.0. The van der Waals surface area contributed by atoms with Crippen molar-refractivity contribution in [3.8, 4) is 11.5 Å². The second kappa shape index (κ2) is 8.89. The smallest absolute Gasteiger partial charge is 0.326 e. The van der Waals surface area contributed by atoms with E-state index < -0.39 is 17.9 Å². The highest BCUT2D eigenvalue weighted by molar-refractivity contribution is 5.97. The molecule has 1 amide bonds. The first-order valence-corrected chi connectivity index (χ1v) is 8.33. The quantitative estimate of drug-likeness (QED) is 0.759. The third-order valence-electron chi connectivity index (χ3n) is 3.67. The lowest BCUT2D eigenvalue weighted by Gasteiger charge is -2.17. The van der Waals surface area contributed by atoms with Crippen molar-refractivity contribution in [3.63, 3.8) is 0 Å². The lowest BCUT2D eigenvalue weighted by molar-refractivity contribution is -0.139. The summed E-state index contributed by atoms with van der Waals surface area (Å²) < 4.78 is 10.9. The van der Waals surface area contributed by atoms with Gasteiger partial charge in [-0.15, -0.1) is 0 Å². The average molecular weight is 357 g/mol. The Balaban J connectivity index is 2.14. The molecule has 0 fully saturated rings. The van der Waals surface area contributed by atoms with Crippen LogP contribution in [0.3, 0.4) is 0 Å². The molecule has 0 bridgehead atoms. The number of nitrogens with one attached hydrogen (secondary N) is 1. The highest BCUT2D eigenvalue weighted by atomic mass is 16.5. The maximum Gasteiger partial charge on any atom is 0.326 e. The molecule has 0 saturated heterocycles. The number of ether oxygens (including phenoxy) is 2. The Morgan fingerprint density at radius 3 is 2.35 bits per heavy atom. The summed E-state index contributed by atoms with van der Waals surface area (Å²) in [6.45, 7) is 3.78. The minimum Gasteiger partial charge on any atom is -0.493 e. The molecule has 6 nitrogen and oxygen atoms in total. The molecule has 1 atom stereocenters. The number of hydrogen-bond donors (Lipinski definition) is 2. The zero-order valence-corrected chi connectivity index (χ0v) is 15.1. The molecule has 138 valence electrons. The van der Waals surface area contributed by atoms with E-state index in [2.05, 4.69) is 5.32 Å². The van der Waals surface area contributed by atoms with E-state index >= 15 is 0 Å². The number of benzene rings is 2. The van der Waals surface area contributed by atoms with Gasteiger partial charge in [-0.05, 0) is 37.6 Å². The maximum atomic E-state index is 12.5. The van der Waals surface area contributed by atoms with E-state index in [9.17, 15) is 14.7 Å². The minimum atomic E-state index is -1.09. The molecular formula is C20H23NO5. The molecule has 0 aliphatic carbocycles. The van der Waals surface area contributed by atoms with Crippen LogP contribution in [0.15, 0.2) is 48.5 Å². The van der Waals surface area contributed by atoms with Crippen LogP contribution >= 0.6 is 0 Å². The van der Waals surface area contributed by atoms with Gasteiger partial charge in [-0.3, -0.25) is 4.79 Å². The number of carboxylic acid groups (broad SMARTS) is 1. The third-order valence-corrected chi connectivity index (χ3v) is 3.67. The fraction of sp³-hybridized carbons (Fsp3) is 0.300. The fourth-order valence-corrected chi connectivity index (χ4v) is 2.45. The molecule has 0 radical (unpaired) electrons. The molecule has 0 saturated carbocycles. The molecule has 0 aliphatic heterocycles. The van der Waals surface area contributed by atoms with Gasteiger partial charge in [-0.25, -0.2) is 4.79 Å². The van der Waals surface area contributed by atoms with Gasteiger partial charge in [0.15, 0.2) is 11.5 Å². The molecule has 0 heterocycles. The summed E-state index contributed by atoms with van der Waals surface area (Å²) in [6, 6.07) is 12.9. The molecule has 2 aromatic carbocycles. The summed E-state index contributed by atoms with van der Waals surface area (Å²) in [5.41, 5.74) is 1.13. The van der Waals surface area contributed by atoms with E-state index in [1.807, 2.05) is 44.2 Å². The molecule has 0 aliphatic rings. The van der Waals surface area contributed by atoms with Crippen molar-refractivity contribution in [1.82, 2.24) is 5.32 Å². The first-order valence-electron chi connectivity index (χ1n) is 8.33. The number of aliphatic carboxylic acids is 1. The number of carbonyl (C=O) groups is 2. The maximum absolute atomic E-state index is 12.5. The lowest BCUT2D eigenvalue weighted by atomic mass is 10.1. The van der Waals surface area contributed by atoms with Crippen molar-refractivity contribution < 1.29 is 24.2 Å². The zero-order chi connectivity index (χ0) is 19.1. The van der Waals surface area contributed by atoms with Crippen LogP contribution < -0.4 is 14.8 Å². The molecule has 2 rings (SSSR count). The summed E-state index contributed by atoms with van der Waals surface area (Å²) >= 11 is 0. The predicted octanol–water partition coefficient (Wildman–Crippen LogP) is 2.91. The average Bonchev–Trinajstić information content (AvgIpc) is 2.61. The van der Waals surface area contributed by atoms with Crippen molar-refractivity contribution in [2.24, 2.45) is 0 Å². The topological polar surface area (TPSA) is 84.9 Å². The van der Waals surface area contributed by atoms with Gasteiger partial charge in [-0.1, -0.05) is 30.3 Å². The van der Waals surface area contributed by atoms with Crippen LogP contribution in [0.1, 0.15) is 29.8 Å². The van der Waals surface area contributed by atoms with Crippen LogP contribution in [0, 0.1) is 0 Å². The molecule has 0 aromatic heterocycles. The number of methoxy groups -OCH3 is 1. The third kappa shape index (κ3) is 5.24. The van der Waals surface area contributed by atoms with Gasteiger partial charge < -0.3 is 19.9 Å². The van der Waals surface area contributed by atoms with Gasteiger partial charge in [0.05, 0.1) is 13.2 Å². The Hall–Kier alpha value is -3.02. The van der Waals surface area contributed by atoms with Crippen molar-refractivity contribution in [2.45, 2.75) is 32.4 Å². The number of rotatable bonds is 8. The first kappa shape index (κ1) is 19.3. The van der Waals surface area contributed by atoms with Crippen LogP contribution in [-0.4, -0.2) is 36.2 Å². The van der Waals surface area contributed by atoms with Gasteiger partial charge in [0.25, 0.3) is 5.91 Å². The molecule has 0 spiro atoms. The van der Waals surface area contributed by atoms with E-state index in [1.54, 1.807) is 12.1 Å². The Morgan fingerprint density at radius 2 is 1.77 bits per heavy atom. The Kier molecular flexibility index (Phi) is 6.60. The Labute approximate surface area is 152 Å². The van der Waals surface area contributed by atoms with E-state index in [0.29, 0.717) is 17.1 Å². The van der Waals surface area contributed by atoms with Gasteiger partial charge in [0.1, 0.15) is 6.04 Å². The van der Waals surface area contributed by atoms with E-state index in [0.717, 1.165) is 5.56 Å². The van der Waals surface area contributed by atoms with Gasteiger partial charge in [0, 0.05) is 12.0 Å². The lowest BCUT2D eigenvalue weighted by Crippen LogP contribution is -2.42. The van der Waals surface area contributed by atoms with Gasteiger partial charge >= 0.3 is 5.97 Å². The molecular weight excluding hydrogens is 334 g/mol. The number of hydrogen-bond acceptors (Lipinski definition) is 4. The monoisotopic (exact) mass is 357 g/mol. The summed E-state index contributed by atoms with van der Waals surface area (Å²) in [5.74, 6) is -0.629. The standard InChI is InChI=1S/C20H23NO5/c1-13(2)26-17-10-9-15(12-18(17)25-3)19(22)21-16(20(23)24)11-14-7-5-4-6-8-14/h4-10,12-13,16H,11H2,1-3H3,(H,21,22)(H,23,24)/t16-/m0/s1. The Morgan fingerprint density at radius 1 is 1.08 bits per heavy atom. The molecule has 2 N–H and O–H groups in total. The SMILES string of the molecule is COc1cc(C(=O)N[C@@H](Cc2ccccc2)C(=O)O)ccc1OC(C)C. The molecule has 0 unspecified atom stereocenters. The number of carboxylic acids is 1. The highest BCUT2D eigenvalue weighted by Crippen LogP contribution is 2.29. The van der Waals surface area contributed by atoms with Crippen molar-refractivity contribution in [3.05, 3.63) is 59.7 Å². The number of amides is 1. The zero-order valence-electron chi connectivity index (χ0n) is 15.1. The van der Waals surface area contributed by atoms with E-state index in [1.165, 1.54) is 13.2 Å². The van der Waals surface area contributed by atoms with E-state index in [-0.39, 0.29) is 12.5 Å². The second-order valence-electron chi connectivity index (χ2n) is 6.09. The van der Waals surface area contributed by atoms with Crippen LogP contribution in [0.25, 0.3) is 0 Å². The summed E-state index contributed by atoms with van der Waals surface area (Å²) in [7, 11) is 1.49. The van der Waals surface area contributed by atoms with Crippen LogP contribution in [0.5, 0.6) is 11.5 Å². The predicted molar refractivity (Wildman–Crippen MR) is 97.8 cm³/mol. The Bertz CT molecular complexity index is 758. The van der Waals surface area contributed by atoms with Crippen LogP contribution in [0.4, 0.5) is 0 Å². The highest BCUT2D eigenvalue weighted by Gasteiger charge is 2.22. The van der Waals surface area contributed by atoms with Crippen molar-refractivity contribution >= 4 is 11.9 Å². The van der Waals surface area contributed by atoms with Crippen LogP contribution in [-0.2, 0) is 11.2 Å². The number of carbonyl (C=O) groups excluding carboxylic acids is 1. The van der Waals surface area contributed by atoms with Gasteiger partial charge in [0.2, 0.25) is 0 Å². The van der Waals surface area contributed by atoms with E-state index in [4.69, 9.17) is 9.47 Å². The fourth-order valence-electron chi connectivity index (χ4n) is 2.45. The minimum absolute atomic E-state index is 0.0363. The largest absolute Gasteiger partial charge is 0.493 e. The molecule has 6 heteroatoms. The van der Waals surface area contributed by atoms with Crippen molar-refractivity contribution in [1.29, 1.82) is 0 Å². The van der Waals surface area contributed by atoms with Crippen molar-refractivity contribution in [2.75, 3.05) is 7.11 Å². The molecule has 26 heavy (non-hydrogen) atoms. The summed E-state index contributed by atoms with van der Waals surface area (Å²) in [6.07, 6.45) is 0.166.